The summed E-state index contributed by atoms with van der Waals surface area (Å²) < 4.78 is 7.31. The number of aryl methyl sites for hydroxylation is 1. The highest BCUT2D eigenvalue weighted by atomic mass is 16.3. The number of nitrogens with zero attached hydrogens (tertiary/aromatic N) is 4. The molecule has 2 heterocycles. The molecule has 1 aromatic carbocycles. The molecule has 6 heteroatoms. The molecule has 0 radical (unpaired) electrons. The van der Waals surface area contributed by atoms with Gasteiger partial charge in [-0.15, -0.1) is 5.10 Å². The highest BCUT2D eigenvalue weighted by molar-refractivity contribution is 5.73. The molecule has 0 aliphatic rings. The van der Waals surface area contributed by atoms with Gasteiger partial charge in [-0.2, -0.15) is 0 Å². The van der Waals surface area contributed by atoms with Crippen LogP contribution in [0.4, 0.5) is 0 Å². The molecular weight excluding hydrogens is 230 g/mol. The van der Waals surface area contributed by atoms with Gasteiger partial charge in [-0.3, -0.25) is 0 Å². The minimum Gasteiger partial charge on any atom is -0.439 e. The summed E-state index contributed by atoms with van der Waals surface area (Å²) in [6.45, 7) is 2.87. The topological polar surface area (TPSA) is 82.8 Å². The summed E-state index contributed by atoms with van der Waals surface area (Å²) in [6.07, 6.45) is 1.79. The van der Waals surface area contributed by atoms with Crippen molar-refractivity contribution in [2.75, 3.05) is 0 Å². The molecule has 92 valence electrons. The van der Waals surface area contributed by atoms with Gasteiger partial charge in [0.15, 0.2) is 5.58 Å². The molecule has 0 aliphatic heterocycles. The van der Waals surface area contributed by atoms with Crippen LogP contribution in [-0.2, 0) is 13.1 Å². The van der Waals surface area contributed by atoms with Crippen molar-refractivity contribution >= 4 is 11.1 Å². The SMILES string of the molecule is Cc1ccc2oc(Cn3cc(CN)nn3)nc2c1. The maximum absolute atomic E-state index is 5.64. The summed E-state index contributed by atoms with van der Waals surface area (Å²) in [7, 11) is 0. The van der Waals surface area contributed by atoms with Crippen LogP contribution >= 0.6 is 0 Å². The lowest BCUT2D eigenvalue weighted by Crippen LogP contribution is -2.00. The molecule has 0 fully saturated rings. The number of benzene rings is 1. The highest BCUT2D eigenvalue weighted by Crippen LogP contribution is 2.17. The summed E-state index contributed by atoms with van der Waals surface area (Å²) in [5.74, 6) is 0.615. The van der Waals surface area contributed by atoms with Crippen LogP contribution in [0.2, 0.25) is 0 Å². The Morgan fingerprint density at radius 2 is 2.28 bits per heavy atom. The third kappa shape index (κ3) is 1.98. The van der Waals surface area contributed by atoms with Crippen molar-refractivity contribution in [1.29, 1.82) is 0 Å². The third-order valence-corrected chi connectivity index (χ3v) is 2.68. The van der Waals surface area contributed by atoms with Crippen molar-refractivity contribution in [3.63, 3.8) is 0 Å². The standard InChI is InChI=1S/C12H13N5O/c1-8-2-3-11-10(4-8)14-12(18-11)7-17-6-9(5-13)15-16-17/h2-4,6H,5,7,13H2,1H3. The number of rotatable bonds is 3. The smallest absolute Gasteiger partial charge is 0.217 e. The summed E-state index contributed by atoms with van der Waals surface area (Å²) >= 11 is 0. The fourth-order valence-corrected chi connectivity index (χ4v) is 1.80. The second-order valence-electron chi connectivity index (χ2n) is 4.19. The van der Waals surface area contributed by atoms with Crippen LogP contribution in [-0.4, -0.2) is 20.0 Å². The average Bonchev–Trinajstić information content (AvgIpc) is 2.95. The molecule has 0 bridgehead atoms. The van der Waals surface area contributed by atoms with Crippen molar-refractivity contribution in [2.45, 2.75) is 20.0 Å². The Labute approximate surface area is 103 Å². The molecule has 18 heavy (non-hydrogen) atoms. The summed E-state index contributed by atoms with van der Waals surface area (Å²) in [6, 6.07) is 5.92. The van der Waals surface area contributed by atoms with Crippen LogP contribution < -0.4 is 5.73 Å². The van der Waals surface area contributed by atoms with E-state index in [1.165, 1.54) is 0 Å². The van der Waals surface area contributed by atoms with E-state index < -0.39 is 0 Å². The second kappa shape index (κ2) is 4.23. The summed E-state index contributed by atoms with van der Waals surface area (Å²) in [4.78, 5) is 4.42. The first-order valence-corrected chi connectivity index (χ1v) is 5.70. The fraction of sp³-hybridized carbons (Fsp3) is 0.250. The number of hydrogen-bond acceptors (Lipinski definition) is 5. The van der Waals surface area contributed by atoms with Gasteiger partial charge in [0.2, 0.25) is 5.89 Å². The molecule has 3 rings (SSSR count). The number of nitrogens with two attached hydrogens (primary N) is 1. The lowest BCUT2D eigenvalue weighted by Gasteiger charge is -1.93. The lowest BCUT2D eigenvalue weighted by atomic mass is 10.2. The Kier molecular flexibility index (Phi) is 2.56. The first-order chi connectivity index (χ1) is 8.74. The van der Waals surface area contributed by atoms with E-state index >= 15 is 0 Å². The monoisotopic (exact) mass is 243 g/mol. The van der Waals surface area contributed by atoms with Gasteiger partial charge >= 0.3 is 0 Å². The average molecular weight is 243 g/mol. The van der Waals surface area contributed by atoms with Crippen molar-refractivity contribution in [2.24, 2.45) is 5.73 Å². The molecule has 2 N–H and O–H groups in total. The van der Waals surface area contributed by atoms with E-state index in [1.54, 1.807) is 10.9 Å². The van der Waals surface area contributed by atoms with Crippen LogP contribution in [0.3, 0.4) is 0 Å². The van der Waals surface area contributed by atoms with Crippen molar-refractivity contribution < 1.29 is 4.42 Å². The highest BCUT2D eigenvalue weighted by Gasteiger charge is 2.07. The number of oxazole rings is 1. The van der Waals surface area contributed by atoms with E-state index in [4.69, 9.17) is 10.2 Å². The first-order valence-electron chi connectivity index (χ1n) is 5.70. The number of hydrogen-bond donors (Lipinski definition) is 1. The Morgan fingerprint density at radius 3 is 3.06 bits per heavy atom. The third-order valence-electron chi connectivity index (χ3n) is 2.68. The molecule has 2 aromatic heterocycles. The molecule has 0 aliphatic carbocycles. The summed E-state index contributed by atoms with van der Waals surface area (Å²) in [5, 5.41) is 7.87. The van der Waals surface area contributed by atoms with Gasteiger partial charge in [0.25, 0.3) is 0 Å². The van der Waals surface area contributed by atoms with Gasteiger partial charge in [0.1, 0.15) is 12.1 Å². The van der Waals surface area contributed by atoms with E-state index in [-0.39, 0.29) is 0 Å². The van der Waals surface area contributed by atoms with E-state index in [2.05, 4.69) is 15.3 Å². The Hall–Kier alpha value is -2.21. The van der Waals surface area contributed by atoms with Crippen molar-refractivity contribution in [1.82, 2.24) is 20.0 Å². The van der Waals surface area contributed by atoms with Crippen LogP contribution in [0, 0.1) is 6.92 Å². The zero-order chi connectivity index (χ0) is 12.5. The van der Waals surface area contributed by atoms with E-state index in [9.17, 15) is 0 Å². The predicted molar refractivity (Wildman–Crippen MR) is 65.8 cm³/mol. The molecule has 0 unspecified atom stereocenters. The quantitative estimate of drug-likeness (QED) is 0.748. The zero-order valence-corrected chi connectivity index (χ0v) is 10.00. The first kappa shape index (κ1) is 10.9. The maximum atomic E-state index is 5.64. The molecule has 0 amide bonds. The summed E-state index contributed by atoms with van der Waals surface area (Å²) in [5.41, 5.74) is 9.04. The van der Waals surface area contributed by atoms with Crippen LogP contribution in [0.15, 0.2) is 28.8 Å². The minimum absolute atomic E-state index is 0.382. The fourth-order valence-electron chi connectivity index (χ4n) is 1.80. The molecule has 0 saturated heterocycles. The predicted octanol–water partition coefficient (Wildman–Crippen LogP) is 1.23. The Balaban J connectivity index is 1.90. The molecule has 3 aromatic rings. The molecule has 0 saturated carbocycles. The lowest BCUT2D eigenvalue weighted by molar-refractivity contribution is 0.485. The van der Waals surface area contributed by atoms with E-state index in [1.807, 2.05) is 25.1 Å². The van der Waals surface area contributed by atoms with E-state index in [0.29, 0.717) is 19.0 Å². The Bertz CT molecular complexity index is 685. The van der Waals surface area contributed by atoms with Gasteiger partial charge in [-0.25, -0.2) is 9.67 Å². The second-order valence-corrected chi connectivity index (χ2v) is 4.19. The maximum Gasteiger partial charge on any atom is 0.217 e. The van der Waals surface area contributed by atoms with Gasteiger partial charge in [-0.05, 0) is 24.6 Å². The minimum atomic E-state index is 0.382. The van der Waals surface area contributed by atoms with Crippen LogP contribution in [0.1, 0.15) is 17.1 Å². The zero-order valence-electron chi connectivity index (χ0n) is 10.00. The largest absolute Gasteiger partial charge is 0.439 e. The number of aromatic nitrogens is 4. The van der Waals surface area contributed by atoms with Crippen LogP contribution in [0.25, 0.3) is 11.1 Å². The van der Waals surface area contributed by atoms with Crippen molar-refractivity contribution in [3.8, 4) is 0 Å². The molecular formula is C12H13N5O. The van der Waals surface area contributed by atoms with Gasteiger partial charge in [0, 0.05) is 6.54 Å². The molecule has 6 nitrogen and oxygen atoms in total. The van der Waals surface area contributed by atoms with Gasteiger partial charge in [-0.1, -0.05) is 11.3 Å². The van der Waals surface area contributed by atoms with Crippen molar-refractivity contribution in [3.05, 3.63) is 41.5 Å². The van der Waals surface area contributed by atoms with Gasteiger partial charge in [0.05, 0.1) is 11.9 Å². The van der Waals surface area contributed by atoms with E-state index in [0.717, 1.165) is 22.4 Å². The normalized spacial score (nSPS) is 11.2. The molecule has 0 atom stereocenters. The van der Waals surface area contributed by atoms with Crippen LogP contribution in [0.5, 0.6) is 0 Å². The Morgan fingerprint density at radius 1 is 1.39 bits per heavy atom. The van der Waals surface area contributed by atoms with Gasteiger partial charge < -0.3 is 10.2 Å². The molecule has 0 spiro atoms. The number of fused-ring (bicyclic) bond motifs is 1.